The van der Waals surface area contributed by atoms with Crippen molar-refractivity contribution in [2.45, 2.75) is 14.7 Å². The van der Waals surface area contributed by atoms with Crippen LogP contribution in [-0.4, -0.2) is 23.1 Å². The van der Waals surface area contributed by atoms with Gasteiger partial charge in [-0.2, -0.15) is 0 Å². The topological polar surface area (TPSA) is 92.3 Å². The van der Waals surface area contributed by atoms with Gasteiger partial charge in [0.05, 0.1) is 9.79 Å². The normalized spacial score (nSPS) is 11.8. The lowest BCUT2D eigenvalue weighted by atomic mass is 10.3. The van der Waals surface area contributed by atoms with Gasteiger partial charge in [0.2, 0.25) is 0 Å². The monoisotopic (exact) mass is 452 g/mol. The van der Waals surface area contributed by atoms with Crippen LogP contribution in [0.15, 0.2) is 87.5 Å². The van der Waals surface area contributed by atoms with E-state index in [0.29, 0.717) is 0 Å². The van der Waals surface area contributed by atoms with E-state index in [-0.39, 0.29) is 21.2 Å². The lowest BCUT2D eigenvalue weighted by Crippen LogP contribution is -2.14. The molecule has 0 unspecified atom stereocenters. The van der Waals surface area contributed by atoms with Gasteiger partial charge in [-0.15, -0.1) is 11.8 Å². The highest BCUT2D eigenvalue weighted by molar-refractivity contribution is 7.98. The second-order valence-electron chi connectivity index (χ2n) is 5.92. The molecule has 3 aromatic carbocycles. The molecular weight excluding hydrogens is 435 g/mol. The van der Waals surface area contributed by atoms with Crippen LogP contribution in [0.3, 0.4) is 0 Å². The summed E-state index contributed by atoms with van der Waals surface area (Å²) in [6.07, 6.45) is 1.89. The van der Waals surface area contributed by atoms with Crippen LogP contribution in [0, 0.1) is 5.82 Å². The molecule has 29 heavy (non-hydrogen) atoms. The fourth-order valence-electron chi connectivity index (χ4n) is 2.40. The predicted octanol–water partition coefficient (Wildman–Crippen LogP) is 4.15. The minimum absolute atomic E-state index is 0.0610. The number of anilines is 2. The van der Waals surface area contributed by atoms with Crippen LogP contribution in [0.1, 0.15) is 0 Å². The number of nitrogens with one attached hydrogen (secondary N) is 2. The molecule has 6 nitrogen and oxygen atoms in total. The molecule has 0 spiro atoms. The first-order valence-corrected chi connectivity index (χ1v) is 12.4. The van der Waals surface area contributed by atoms with Gasteiger partial charge in [-0.1, -0.05) is 0 Å². The molecule has 3 aromatic rings. The van der Waals surface area contributed by atoms with Crippen molar-refractivity contribution in [2.24, 2.45) is 0 Å². The highest BCUT2D eigenvalue weighted by atomic mass is 32.2. The maximum absolute atomic E-state index is 12.9. The third-order valence-electron chi connectivity index (χ3n) is 3.88. The summed E-state index contributed by atoms with van der Waals surface area (Å²) in [5.74, 6) is -0.479. The molecule has 0 aliphatic heterocycles. The second kappa shape index (κ2) is 8.44. The van der Waals surface area contributed by atoms with Crippen molar-refractivity contribution in [3.63, 3.8) is 0 Å². The number of hydrogen-bond donors (Lipinski definition) is 2. The van der Waals surface area contributed by atoms with E-state index >= 15 is 0 Å². The molecule has 0 bridgehead atoms. The van der Waals surface area contributed by atoms with Gasteiger partial charge in [-0.25, -0.2) is 21.2 Å². The molecule has 0 saturated carbocycles. The minimum atomic E-state index is -3.90. The van der Waals surface area contributed by atoms with Crippen LogP contribution in [0.4, 0.5) is 15.8 Å². The Labute approximate surface area is 173 Å². The summed E-state index contributed by atoms with van der Waals surface area (Å²) in [6, 6.07) is 16.6. The van der Waals surface area contributed by atoms with E-state index in [4.69, 9.17) is 0 Å². The molecule has 0 aromatic heterocycles. The molecule has 0 saturated heterocycles. The van der Waals surface area contributed by atoms with Crippen molar-refractivity contribution >= 4 is 43.2 Å². The summed E-state index contributed by atoms with van der Waals surface area (Å²) in [5, 5.41) is 0. The summed E-state index contributed by atoms with van der Waals surface area (Å²) in [5.41, 5.74) is 0.435. The van der Waals surface area contributed by atoms with Gasteiger partial charge < -0.3 is 0 Å². The molecule has 0 fully saturated rings. The largest absolute Gasteiger partial charge is 0.280 e. The van der Waals surface area contributed by atoms with Crippen LogP contribution in [0.2, 0.25) is 0 Å². The molecule has 10 heteroatoms. The van der Waals surface area contributed by atoms with E-state index < -0.39 is 25.9 Å². The fraction of sp³-hybridized carbons (Fsp3) is 0.0526. The summed E-state index contributed by atoms with van der Waals surface area (Å²) >= 11 is 1.50. The molecule has 0 aliphatic rings. The van der Waals surface area contributed by atoms with Gasteiger partial charge in [-0.05, 0) is 79.1 Å². The molecule has 0 radical (unpaired) electrons. The van der Waals surface area contributed by atoms with Gasteiger partial charge in [0.1, 0.15) is 5.82 Å². The first-order chi connectivity index (χ1) is 13.7. The van der Waals surface area contributed by atoms with Crippen molar-refractivity contribution in [2.75, 3.05) is 15.7 Å². The third-order valence-corrected chi connectivity index (χ3v) is 7.42. The molecule has 0 atom stereocenters. The smallest absolute Gasteiger partial charge is 0.261 e. The van der Waals surface area contributed by atoms with Crippen molar-refractivity contribution in [1.29, 1.82) is 0 Å². The van der Waals surface area contributed by atoms with Gasteiger partial charge in [0.25, 0.3) is 20.0 Å². The van der Waals surface area contributed by atoms with Crippen LogP contribution in [0.25, 0.3) is 0 Å². The quantitative estimate of drug-likeness (QED) is 0.526. The first kappa shape index (κ1) is 21.2. The standard InChI is InChI=1S/C19H17FN2O4S3/c1-27-17-8-12-19(13-9-17)29(25,26)22-16-6-10-18(11-7-16)28(23,24)21-15-4-2-14(20)3-5-15/h2-13,21-22H,1H3. The highest BCUT2D eigenvalue weighted by Gasteiger charge is 2.17. The lowest BCUT2D eigenvalue weighted by Gasteiger charge is -2.11. The Morgan fingerprint density at radius 2 is 1.03 bits per heavy atom. The van der Waals surface area contributed by atoms with E-state index in [1.165, 1.54) is 60.3 Å². The zero-order chi connectivity index (χ0) is 21.1. The Morgan fingerprint density at radius 3 is 1.45 bits per heavy atom. The summed E-state index contributed by atoms with van der Waals surface area (Å²) in [6.45, 7) is 0. The second-order valence-corrected chi connectivity index (χ2v) is 10.2. The molecular formula is C19H17FN2O4S3. The maximum Gasteiger partial charge on any atom is 0.261 e. The number of rotatable bonds is 7. The Morgan fingerprint density at radius 1 is 0.655 bits per heavy atom. The summed E-state index contributed by atoms with van der Waals surface area (Å²) in [4.78, 5) is 0.978. The number of thioether (sulfide) groups is 1. The van der Waals surface area contributed by atoms with Crippen molar-refractivity contribution in [1.82, 2.24) is 0 Å². The van der Waals surface area contributed by atoms with Crippen LogP contribution < -0.4 is 9.44 Å². The van der Waals surface area contributed by atoms with E-state index in [1.807, 2.05) is 6.26 Å². The number of sulfonamides is 2. The molecule has 152 valence electrons. The van der Waals surface area contributed by atoms with Crippen molar-refractivity contribution in [3.8, 4) is 0 Å². The van der Waals surface area contributed by atoms with Crippen LogP contribution >= 0.6 is 11.8 Å². The average Bonchev–Trinajstić information content (AvgIpc) is 2.70. The Kier molecular flexibility index (Phi) is 6.15. The third kappa shape index (κ3) is 5.28. The zero-order valence-corrected chi connectivity index (χ0v) is 17.6. The van der Waals surface area contributed by atoms with Gasteiger partial charge >= 0.3 is 0 Å². The maximum atomic E-state index is 12.9. The number of halogens is 1. The molecule has 3 rings (SSSR count). The predicted molar refractivity (Wildman–Crippen MR) is 113 cm³/mol. The summed E-state index contributed by atoms with van der Waals surface area (Å²) in [7, 11) is -7.70. The van der Waals surface area contributed by atoms with E-state index in [9.17, 15) is 21.2 Å². The van der Waals surface area contributed by atoms with Crippen LogP contribution in [0.5, 0.6) is 0 Å². The Balaban J connectivity index is 1.75. The van der Waals surface area contributed by atoms with Gasteiger partial charge in [-0.3, -0.25) is 9.44 Å². The minimum Gasteiger partial charge on any atom is -0.280 e. The van der Waals surface area contributed by atoms with E-state index in [1.54, 1.807) is 12.1 Å². The Bertz CT molecular complexity index is 1190. The first-order valence-electron chi connectivity index (χ1n) is 8.25. The fourth-order valence-corrected chi connectivity index (χ4v) is 4.93. The van der Waals surface area contributed by atoms with E-state index in [0.717, 1.165) is 17.0 Å². The zero-order valence-electron chi connectivity index (χ0n) is 15.2. The number of hydrogen-bond acceptors (Lipinski definition) is 5. The van der Waals surface area contributed by atoms with Gasteiger partial charge in [0, 0.05) is 16.3 Å². The SMILES string of the molecule is CSc1ccc(S(=O)(=O)Nc2ccc(S(=O)(=O)Nc3ccc(F)cc3)cc2)cc1. The van der Waals surface area contributed by atoms with Crippen LogP contribution in [-0.2, 0) is 20.0 Å². The molecule has 0 aliphatic carbocycles. The molecule has 0 heterocycles. The molecule has 2 N–H and O–H groups in total. The highest BCUT2D eigenvalue weighted by Crippen LogP contribution is 2.22. The molecule has 0 amide bonds. The average molecular weight is 453 g/mol. The summed E-state index contributed by atoms with van der Waals surface area (Å²) < 4.78 is 67.5. The Hall–Kier alpha value is -2.56. The van der Waals surface area contributed by atoms with Crippen molar-refractivity contribution < 1.29 is 21.2 Å². The van der Waals surface area contributed by atoms with Gasteiger partial charge in [0.15, 0.2) is 0 Å². The van der Waals surface area contributed by atoms with E-state index in [2.05, 4.69) is 9.44 Å². The lowest BCUT2D eigenvalue weighted by molar-refractivity contribution is 0.600. The number of benzene rings is 3. The van der Waals surface area contributed by atoms with Crippen molar-refractivity contribution in [3.05, 3.63) is 78.6 Å².